The van der Waals surface area contributed by atoms with Crippen molar-refractivity contribution < 1.29 is 24.2 Å². The number of carbonyl (C=O) groups excluding carboxylic acids is 1. The molecular weight excluding hydrogens is 286 g/mol. The summed E-state index contributed by atoms with van der Waals surface area (Å²) in [4.78, 5) is 24.8. The van der Waals surface area contributed by atoms with Crippen molar-refractivity contribution in [1.29, 1.82) is 0 Å². The van der Waals surface area contributed by atoms with Crippen LogP contribution >= 0.6 is 0 Å². The van der Waals surface area contributed by atoms with Crippen LogP contribution in [0, 0.1) is 0 Å². The molecule has 0 heterocycles. The number of aliphatic carboxylic acids is 1. The first-order valence-corrected chi connectivity index (χ1v) is 7.15. The highest BCUT2D eigenvalue weighted by Crippen LogP contribution is 2.25. The summed E-state index contributed by atoms with van der Waals surface area (Å²) in [5.74, 6) is -0.0694. The highest BCUT2D eigenvalue weighted by molar-refractivity contribution is 5.83. The number of carboxylic acids is 1. The monoisotopic (exact) mass is 309 g/mol. The molecule has 0 aromatic heterocycles. The molecule has 1 atom stereocenters. The van der Waals surface area contributed by atoms with E-state index in [1.807, 2.05) is 13.8 Å². The summed E-state index contributed by atoms with van der Waals surface area (Å²) in [5, 5.41) is 8.99. The summed E-state index contributed by atoms with van der Waals surface area (Å²) in [5.41, 5.74) is 0.672. The van der Waals surface area contributed by atoms with Crippen LogP contribution in [0.4, 0.5) is 0 Å². The first-order valence-electron chi connectivity index (χ1n) is 7.15. The van der Waals surface area contributed by atoms with Gasteiger partial charge >= 0.3 is 5.97 Å². The number of hydrogen-bond donors (Lipinski definition) is 1. The number of hydrogen-bond acceptors (Lipinski definition) is 4. The minimum absolute atomic E-state index is 0.0675. The van der Waals surface area contributed by atoms with Crippen LogP contribution in [0.5, 0.6) is 11.5 Å². The second-order valence-electron chi connectivity index (χ2n) is 5.03. The minimum atomic E-state index is -1.02. The number of benzene rings is 1. The van der Waals surface area contributed by atoms with Crippen molar-refractivity contribution in [2.24, 2.45) is 0 Å². The Morgan fingerprint density at radius 3 is 2.45 bits per heavy atom. The lowest BCUT2D eigenvalue weighted by Crippen LogP contribution is -2.42. The summed E-state index contributed by atoms with van der Waals surface area (Å²) < 4.78 is 10.4. The van der Waals surface area contributed by atoms with E-state index in [0.717, 1.165) is 0 Å². The van der Waals surface area contributed by atoms with Crippen molar-refractivity contribution >= 4 is 11.9 Å². The van der Waals surface area contributed by atoms with Crippen molar-refractivity contribution in [2.45, 2.75) is 32.7 Å². The summed E-state index contributed by atoms with van der Waals surface area (Å²) in [6, 6.07) is 5.06. The van der Waals surface area contributed by atoms with E-state index < -0.39 is 5.97 Å². The van der Waals surface area contributed by atoms with Crippen molar-refractivity contribution in [2.75, 3.05) is 20.8 Å². The Kier molecular flexibility index (Phi) is 6.69. The van der Waals surface area contributed by atoms with Gasteiger partial charge in [0.1, 0.15) is 18.0 Å². The topological polar surface area (TPSA) is 76.1 Å². The van der Waals surface area contributed by atoms with Gasteiger partial charge in [-0.1, -0.05) is 6.92 Å². The van der Waals surface area contributed by atoms with Crippen LogP contribution in [0.25, 0.3) is 0 Å². The molecule has 0 radical (unpaired) electrons. The van der Waals surface area contributed by atoms with E-state index in [4.69, 9.17) is 14.6 Å². The van der Waals surface area contributed by atoms with Crippen molar-refractivity contribution in [3.8, 4) is 11.5 Å². The molecule has 0 aliphatic carbocycles. The first kappa shape index (κ1) is 17.8. The summed E-state index contributed by atoms with van der Waals surface area (Å²) in [6.45, 7) is 3.45. The van der Waals surface area contributed by atoms with Crippen molar-refractivity contribution in [3.05, 3.63) is 23.8 Å². The largest absolute Gasteiger partial charge is 0.497 e. The Labute approximate surface area is 130 Å². The number of ether oxygens (including phenoxy) is 2. The molecule has 0 bridgehead atoms. The van der Waals surface area contributed by atoms with Crippen LogP contribution in [0.15, 0.2) is 18.2 Å². The number of amides is 1. The fourth-order valence-corrected chi connectivity index (χ4v) is 2.14. The Morgan fingerprint density at radius 2 is 1.95 bits per heavy atom. The first-order chi connectivity index (χ1) is 10.4. The van der Waals surface area contributed by atoms with Gasteiger partial charge in [0.15, 0.2) is 0 Å². The van der Waals surface area contributed by atoms with E-state index in [1.54, 1.807) is 25.3 Å². The Bertz CT molecular complexity index is 529. The average molecular weight is 309 g/mol. The van der Waals surface area contributed by atoms with E-state index in [9.17, 15) is 9.59 Å². The maximum atomic E-state index is 12.5. The quantitative estimate of drug-likeness (QED) is 0.794. The lowest BCUT2D eigenvalue weighted by atomic mass is 10.1. The van der Waals surface area contributed by atoms with E-state index in [0.29, 0.717) is 23.5 Å². The fraction of sp³-hybridized carbons (Fsp3) is 0.500. The highest BCUT2D eigenvalue weighted by Gasteiger charge is 2.23. The van der Waals surface area contributed by atoms with Gasteiger partial charge in [-0.15, -0.1) is 0 Å². The zero-order valence-electron chi connectivity index (χ0n) is 13.5. The summed E-state index contributed by atoms with van der Waals surface area (Å²) in [7, 11) is 3.07. The standard InChI is InChI=1S/C16H23NO5/c1-5-11(2)17(10-16(19)20)15(18)9-12-8-13(21-3)6-7-14(12)22-4/h6-8,11H,5,9-10H2,1-4H3,(H,19,20). The molecule has 1 N–H and O–H groups in total. The van der Waals surface area contributed by atoms with Gasteiger partial charge in [0, 0.05) is 11.6 Å². The average Bonchev–Trinajstić information content (AvgIpc) is 2.51. The van der Waals surface area contributed by atoms with Crippen LogP contribution < -0.4 is 9.47 Å². The van der Waals surface area contributed by atoms with E-state index in [2.05, 4.69) is 0 Å². The molecule has 22 heavy (non-hydrogen) atoms. The third-order valence-electron chi connectivity index (χ3n) is 3.58. The van der Waals surface area contributed by atoms with Gasteiger partial charge in [-0.3, -0.25) is 9.59 Å². The van der Waals surface area contributed by atoms with Gasteiger partial charge in [-0.2, -0.15) is 0 Å². The summed E-state index contributed by atoms with van der Waals surface area (Å²) in [6.07, 6.45) is 0.756. The summed E-state index contributed by atoms with van der Waals surface area (Å²) >= 11 is 0. The van der Waals surface area contributed by atoms with E-state index in [1.165, 1.54) is 12.0 Å². The second kappa shape index (κ2) is 8.26. The number of nitrogens with zero attached hydrogens (tertiary/aromatic N) is 1. The molecule has 1 amide bonds. The highest BCUT2D eigenvalue weighted by atomic mass is 16.5. The molecule has 0 aliphatic rings. The Morgan fingerprint density at radius 1 is 1.27 bits per heavy atom. The van der Waals surface area contributed by atoms with Gasteiger partial charge in [0.25, 0.3) is 0 Å². The van der Waals surface area contributed by atoms with Crippen LogP contribution in [0.3, 0.4) is 0 Å². The van der Waals surface area contributed by atoms with Crippen molar-refractivity contribution in [3.63, 3.8) is 0 Å². The van der Waals surface area contributed by atoms with E-state index in [-0.39, 0.29) is 24.9 Å². The third-order valence-corrected chi connectivity index (χ3v) is 3.58. The number of methoxy groups -OCH3 is 2. The molecule has 1 unspecified atom stereocenters. The van der Waals surface area contributed by atoms with Crippen LogP contribution in [0.1, 0.15) is 25.8 Å². The molecule has 0 saturated carbocycles. The molecule has 1 rings (SSSR count). The minimum Gasteiger partial charge on any atom is -0.497 e. The zero-order valence-corrected chi connectivity index (χ0v) is 13.5. The fourth-order valence-electron chi connectivity index (χ4n) is 2.14. The molecule has 0 spiro atoms. The Hall–Kier alpha value is -2.24. The van der Waals surface area contributed by atoms with Gasteiger partial charge < -0.3 is 19.5 Å². The predicted octanol–water partition coefficient (Wildman–Crippen LogP) is 1.96. The molecule has 122 valence electrons. The maximum absolute atomic E-state index is 12.5. The zero-order chi connectivity index (χ0) is 16.7. The van der Waals surface area contributed by atoms with Crippen molar-refractivity contribution in [1.82, 2.24) is 4.90 Å². The van der Waals surface area contributed by atoms with Crippen LogP contribution in [-0.2, 0) is 16.0 Å². The molecule has 1 aromatic rings. The number of carbonyl (C=O) groups is 2. The third kappa shape index (κ3) is 4.65. The smallest absolute Gasteiger partial charge is 0.323 e. The molecule has 1 aromatic carbocycles. The van der Waals surface area contributed by atoms with Gasteiger partial charge in [-0.25, -0.2) is 0 Å². The maximum Gasteiger partial charge on any atom is 0.323 e. The molecule has 6 heteroatoms. The van der Waals surface area contributed by atoms with Crippen LogP contribution in [-0.4, -0.2) is 48.7 Å². The molecule has 6 nitrogen and oxygen atoms in total. The lowest BCUT2D eigenvalue weighted by Gasteiger charge is -2.27. The van der Waals surface area contributed by atoms with Crippen LogP contribution in [0.2, 0.25) is 0 Å². The van der Waals surface area contributed by atoms with Gasteiger partial charge in [-0.05, 0) is 31.5 Å². The normalized spacial score (nSPS) is 11.6. The van der Waals surface area contributed by atoms with Gasteiger partial charge in [0.05, 0.1) is 20.6 Å². The number of rotatable bonds is 8. The van der Waals surface area contributed by atoms with E-state index >= 15 is 0 Å². The number of carboxylic acid groups (broad SMARTS) is 1. The predicted molar refractivity (Wildman–Crippen MR) is 82.4 cm³/mol. The lowest BCUT2D eigenvalue weighted by molar-refractivity contribution is -0.145. The molecular formula is C16H23NO5. The molecule has 0 saturated heterocycles. The molecule has 0 aliphatic heterocycles. The Balaban J connectivity index is 2.99. The molecule has 0 fully saturated rings. The van der Waals surface area contributed by atoms with Gasteiger partial charge in [0.2, 0.25) is 5.91 Å². The second-order valence-corrected chi connectivity index (χ2v) is 5.03. The SMILES string of the molecule is CCC(C)N(CC(=O)O)C(=O)Cc1cc(OC)ccc1OC.